The highest BCUT2D eigenvalue weighted by Crippen LogP contribution is 2.24. The number of hydrogen-bond donors (Lipinski definition) is 1. The molecule has 2 nitrogen and oxygen atoms in total. The van der Waals surface area contributed by atoms with Crippen molar-refractivity contribution in [2.75, 3.05) is 19.6 Å². The predicted octanol–water partition coefficient (Wildman–Crippen LogP) is 3.28. The fourth-order valence-electron chi connectivity index (χ4n) is 2.94. The molecule has 0 spiro atoms. The van der Waals surface area contributed by atoms with Gasteiger partial charge in [-0.25, -0.2) is 0 Å². The van der Waals surface area contributed by atoms with E-state index in [4.69, 9.17) is 0 Å². The Morgan fingerprint density at radius 3 is 2.65 bits per heavy atom. The van der Waals surface area contributed by atoms with E-state index in [2.05, 4.69) is 37.9 Å². The molecule has 0 bridgehead atoms. The molecule has 1 fully saturated rings. The van der Waals surface area contributed by atoms with E-state index >= 15 is 0 Å². The van der Waals surface area contributed by atoms with Gasteiger partial charge < -0.3 is 5.32 Å². The minimum absolute atomic E-state index is 0.803. The third-order valence-electron chi connectivity index (χ3n) is 4.11. The summed E-state index contributed by atoms with van der Waals surface area (Å²) in [6, 6.07) is 1.65. The molecule has 0 radical (unpaired) electrons. The van der Waals surface area contributed by atoms with Gasteiger partial charge in [0.2, 0.25) is 0 Å². The van der Waals surface area contributed by atoms with Gasteiger partial charge in [-0.05, 0) is 51.5 Å². The topological polar surface area (TPSA) is 15.3 Å². The maximum atomic E-state index is 3.59. The first kappa shape index (κ1) is 15.0. The van der Waals surface area contributed by atoms with E-state index in [1.807, 2.05) is 0 Å². The van der Waals surface area contributed by atoms with Gasteiger partial charge in [0.05, 0.1) is 0 Å². The maximum Gasteiger partial charge on any atom is 0.0113 e. The molecule has 17 heavy (non-hydrogen) atoms. The van der Waals surface area contributed by atoms with Gasteiger partial charge in [0, 0.05) is 25.2 Å². The molecule has 2 heteroatoms. The van der Waals surface area contributed by atoms with E-state index in [0.29, 0.717) is 0 Å². The Bertz CT molecular complexity index is 191. The zero-order valence-corrected chi connectivity index (χ0v) is 12.3. The monoisotopic (exact) mass is 240 g/mol. The van der Waals surface area contributed by atoms with Gasteiger partial charge in [-0.1, -0.05) is 20.8 Å². The zero-order valence-electron chi connectivity index (χ0n) is 12.3. The molecule has 0 amide bonds. The smallest absolute Gasteiger partial charge is 0.0113 e. The highest BCUT2D eigenvalue weighted by Gasteiger charge is 2.28. The van der Waals surface area contributed by atoms with Crippen LogP contribution in [0.5, 0.6) is 0 Å². The summed E-state index contributed by atoms with van der Waals surface area (Å²) >= 11 is 0. The Kier molecular flexibility index (Phi) is 7.14. The Hall–Kier alpha value is -0.0800. The normalized spacial score (nSPS) is 25.9. The van der Waals surface area contributed by atoms with E-state index in [-0.39, 0.29) is 0 Å². The molecule has 0 aromatic heterocycles. The average Bonchev–Trinajstić information content (AvgIpc) is 2.64. The number of likely N-dealkylation sites (tertiary alicyclic amines) is 1. The Labute approximate surface area is 108 Å². The highest BCUT2D eigenvalue weighted by molar-refractivity contribution is 4.84. The summed E-state index contributed by atoms with van der Waals surface area (Å²) in [4.78, 5) is 2.70. The lowest BCUT2D eigenvalue weighted by Crippen LogP contribution is -2.39. The van der Waals surface area contributed by atoms with E-state index < -0.39 is 0 Å². The van der Waals surface area contributed by atoms with Crippen molar-refractivity contribution in [2.24, 2.45) is 5.92 Å². The molecule has 0 aromatic rings. The van der Waals surface area contributed by atoms with Crippen LogP contribution >= 0.6 is 0 Å². The molecule has 1 aliphatic rings. The number of nitrogens with zero attached hydrogens (tertiary/aromatic N) is 1. The van der Waals surface area contributed by atoms with Crippen molar-refractivity contribution in [3.8, 4) is 0 Å². The first-order valence-corrected chi connectivity index (χ1v) is 7.61. The minimum Gasteiger partial charge on any atom is -0.315 e. The van der Waals surface area contributed by atoms with Crippen molar-refractivity contribution >= 4 is 0 Å². The number of rotatable bonds is 8. The largest absolute Gasteiger partial charge is 0.315 e. The average molecular weight is 240 g/mol. The second-order valence-electron chi connectivity index (χ2n) is 6.01. The molecule has 1 aliphatic heterocycles. The Balaban J connectivity index is 2.05. The van der Waals surface area contributed by atoms with E-state index in [9.17, 15) is 0 Å². The van der Waals surface area contributed by atoms with Crippen LogP contribution in [0.1, 0.15) is 59.8 Å². The van der Waals surface area contributed by atoms with Gasteiger partial charge in [-0.3, -0.25) is 4.90 Å². The van der Waals surface area contributed by atoms with Gasteiger partial charge in [0.15, 0.2) is 0 Å². The lowest BCUT2D eigenvalue weighted by molar-refractivity contribution is 0.199. The van der Waals surface area contributed by atoms with Crippen LogP contribution in [0.2, 0.25) is 0 Å². The van der Waals surface area contributed by atoms with Gasteiger partial charge >= 0.3 is 0 Å². The molecule has 1 heterocycles. The molecule has 102 valence electrons. The van der Waals surface area contributed by atoms with Crippen LogP contribution in [-0.4, -0.2) is 36.6 Å². The third kappa shape index (κ3) is 5.39. The minimum atomic E-state index is 0.803. The Morgan fingerprint density at radius 1 is 1.24 bits per heavy atom. The van der Waals surface area contributed by atoms with Crippen LogP contribution in [0.4, 0.5) is 0 Å². The van der Waals surface area contributed by atoms with E-state index in [1.54, 1.807) is 0 Å². The third-order valence-corrected chi connectivity index (χ3v) is 4.11. The van der Waals surface area contributed by atoms with Crippen molar-refractivity contribution < 1.29 is 0 Å². The van der Waals surface area contributed by atoms with Gasteiger partial charge in [0.25, 0.3) is 0 Å². The van der Waals surface area contributed by atoms with Gasteiger partial charge in [-0.2, -0.15) is 0 Å². The van der Waals surface area contributed by atoms with Crippen molar-refractivity contribution in [3.63, 3.8) is 0 Å². The lowest BCUT2D eigenvalue weighted by Gasteiger charge is -2.27. The number of nitrogens with one attached hydrogen (secondary N) is 1. The fourth-order valence-corrected chi connectivity index (χ4v) is 2.94. The van der Waals surface area contributed by atoms with Crippen LogP contribution in [0, 0.1) is 5.92 Å². The molecule has 2 unspecified atom stereocenters. The van der Waals surface area contributed by atoms with Gasteiger partial charge in [-0.15, -0.1) is 0 Å². The highest BCUT2D eigenvalue weighted by atomic mass is 15.2. The van der Waals surface area contributed by atoms with E-state index in [0.717, 1.165) is 18.0 Å². The molecule has 0 saturated carbocycles. The summed E-state index contributed by atoms with van der Waals surface area (Å²) in [6.07, 6.45) is 6.80. The van der Waals surface area contributed by atoms with Crippen LogP contribution in [0.15, 0.2) is 0 Å². The standard InChI is InChI=1S/C15H32N2/c1-5-15-9-8-14(4)17(15)12-11-16-10-6-7-13(2)3/h13-16H,5-12H2,1-4H3. The molecule has 0 aromatic carbocycles. The first-order chi connectivity index (χ1) is 8.15. The maximum absolute atomic E-state index is 3.59. The van der Waals surface area contributed by atoms with Crippen LogP contribution in [0.3, 0.4) is 0 Å². The SMILES string of the molecule is CCC1CCC(C)N1CCNCCCC(C)C. The second kappa shape index (κ2) is 8.10. The van der Waals surface area contributed by atoms with Crippen molar-refractivity contribution in [1.29, 1.82) is 0 Å². The Morgan fingerprint density at radius 2 is 2.00 bits per heavy atom. The molecule has 1 saturated heterocycles. The van der Waals surface area contributed by atoms with Crippen molar-refractivity contribution in [1.82, 2.24) is 10.2 Å². The summed E-state index contributed by atoms with van der Waals surface area (Å²) in [5, 5.41) is 3.59. The summed E-state index contributed by atoms with van der Waals surface area (Å²) in [7, 11) is 0. The van der Waals surface area contributed by atoms with Crippen molar-refractivity contribution in [3.05, 3.63) is 0 Å². The van der Waals surface area contributed by atoms with Crippen LogP contribution in [0.25, 0.3) is 0 Å². The first-order valence-electron chi connectivity index (χ1n) is 7.61. The summed E-state index contributed by atoms with van der Waals surface area (Å²) in [6.45, 7) is 12.9. The second-order valence-corrected chi connectivity index (χ2v) is 6.01. The lowest BCUT2D eigenvalue weighted by atomic mass is 10.1. The molecule has 1 rings (SSSR count). The molecular formula is C15H32N2. The summed E-state index contributed by atoms with van der Waals surface area (Å²) in [5.74, 6) is 0.847. The van der Waals surface area contributed by atoms with E-state index in [1.165, 1.54) is 51.7 Å². The fraction of sp³-hybridized carbons (Fsp3) is 1.00. The summed E-state index contributed by atoms with van der Waals surface area (Å²) in [5.41, 5.74) is 0. The molecule has 0 aliphatic carbocycles. The van der Waals surface area contributed by atoms with Gasteiger partial charge in [0.1, 0.15) is 0 Å². The van der Waals surface area contributed by atoms with Crippen LogP contribution < -0.4 is 5.32 Å². The van der Waals surface area contributed by atoms with Crippen molar-refractivity contribution in [2.45, 2.75) is 71.9 Å². The number of hydrogen-bond acceptors (Lipinski definition) is 2. The predicted molar refractivity (Wildman–Crippen MR) is 76.4 cm³/mol. The summed E-state index contributed by atoms with van der Waals surface area (Å²) < 4.78 is 0. The van der Waals surface area contributed by atoms with Crippen LogP contribution in [-0.2, 0) is 0 Å². The molecule has 2 atom stereocenters. The molecular weight excluding hydrogens is 208 g/mol. The molecule has 1 N–H and O–H groups in total. The zero-order chi connectivity index (χ0) is 12.7. The quantitative estimate of drug-likeness (QED) is 0.655.